The first-order valence-electron chi connectivity index (χ1n) is 6.74. The maximum absolute atomic E-state index is 12.2. The number of para-hydroxylation sites is 2. The van der Waals surface area contributed by atoms with E-state index in [0.29, 0.717) is 30.6 Å². The van der Waals surface area contributed by atoms with Gasteiger partial charge in [0.15, 0.2) is 0 Å². The van der Waals surface area contributed by atoms with Crippen LogP contribution >= 0.6 is 0 Å². The molecule has 19 heavy (non-hydrogen) atoms. The molecule has 0 aliphatic heterocycles. The Bertz CT molecular complexity index is 406. The third-order valence-electron chi connectivity index (χ3n) is 2.60. The number of carbonyl (C=O) groups is 1. The summed E-state index contributed by atoms with van der Waals surface area (Å²) in [5, 5.41) is 12.4. The number of carbonyl (C=O) groups excluding carboxylic acids is 1. The van der Waals surface area contributed by atoms with E-state index in [9.17, 15) is 9.90 Å². The van der Waals surface area contributed by atoms with Crippen molar-refractivity contribution in [2.45, 2.75) is 27.7 Å². The molecule has 4 nitrogen and oxygen atoms in total. The topological polar surface area (TPSA) is 52.6 Å². The Labute approximate surface area is 115 Å². The number of amides is 2. The van der Waals surface area contributed by atoms with Crippen LogP contribution < -0.4 is 5.32 Å². The van der Waals surface area contributed by atoms with Crippen molar-refractivity contribution in [1.82, 2.24) is 4.90 Å². The third kappa shape index (κ3) is 5.20. The van der Waals surface area contributed by atoms with E-state index in [2.05, 4.69) is 33.0 Å². The van der Waals surface area contributed by atoms with Crippen LogP contribution in [-0.4, -0.2) is 29.1 Å². The van der Waals surface area contributed by atoms with Gasteiger partial charge in [-0.05, 0) is 24.0 Å². The summed E-state index contributed by atoms with van der Waals surface area (Å²) < 4.78 is 0. The summed E-state index contributed by atoms with van der Waals surface area (Å²) in [4.78, 5) is 14.0. The van der Waals surface area contributed by atoms with E-state index >= 15 is 0 Å². The fraction of sp³-hybridized carbons (Fsp3) is 0.533. The van der Waals surface area contributed by atoms with Crippen LogP contribution in [0.5, 0.6) is 5.75 Å². The van der Waals surface area contributed by atoms with Crippen LogP contribution in [0.25, 0.3) is 0 Å². The minimum Gasteiger partial charge on any atom is -0.506 e. The molecule has 0 radical (unpaired) electrons. The number of hydrogen-bond acceptors (Lipinski definition) is 2. The smallest absolute Gasteiger partial charge is 0.321 e. The van der Waals surface area contributed by atoms with Crippen molar-refractivity contribution < 1.29 is 9.90 Å². The number of phenols is 1. The first-order valence-corrected chi connectivity index (χ1v) is 6.74. The highest BCUT2D eigenvalue weighted by Crippen LogP contribution is 2.22. The van der Waals surface area contributed by atoms with E-state index in [4.69, 9.17) is 0 Å². The number of benzene rings is 1. The van der Waals surface area contributed by atoms with Gasteiger partial charge in [-0.25, -0.2) is 4.79 Å². The number of phenolic OH excluding ortho intramolecular Hbond substituents is 1. The highest BCUT2D eigenvalue weighted by atomic mass is 16.3. The van der Waals surface area contributed by atoms with Gasteiger partial charge >= 0.3 is 6.03 Å². The first kappa shape index (κ1) is 15.3. The Morgan fingerprint density at radius 3 is 2.16 bits per heavy atom. The molecule has 0 saturated heterocycles. The van der Waals surface area contributed by atoms with Gasteiger partial charge in [0.05, 0.1) is 5.69 Å². The SMILES string of the molecule is CC(C)CN(CC(C)C)C(=O)Nc1ccccc1O. The summed E-state index contributed by atoms with van der Waals surface area (Å²) in [6, 6.07) is 6.60. The fourth-order valence-corrected chi connectivity index (χ4v) is 1.90. The summed E-state index contributed by atoms with van der Waals surface area (Å²) in [5.41, 5.74) is 0.449. The van der Waals surface area contributed by atoms with Gasteiger partial charge in [-0.15, -0.1) is 0 Å². The van der Waals surface area contributed by atoms with Crippen LogP contribution in [0, 0.1) is 11.8 Å². The monoisotopic (exact) mass is 264 g/mol. The van der Waals surface area contributed by atoms with Crippen LogP contribution in [0.15, 0.2) is 24.3 Å². The average Bonchev–Trinajstić information content (AvgIpc) is 2.30. The van der Waals surface area contributed by atoms with E-state index in [0.717, 1.165) is 0 Å². The van der Waals surface area contributed by atoms with Gasteiger partial charge in [0.2, 0.25) is 0 Å². The second kappa shape index (κ2) is 7.02. The molecule has 4 heteroatoms. The van der Waals surface area contributed by atoms with Crippen molar-refractivity contribution in [3.8, 4) is 5.75 Å². The highest BCUT2D eigenvalue weighted by molar-refractivity contribution is 5.90. The van der Waals surface area contributed by atoms with Gasteiger partial charge in [-0.2, -0.15) is 0 Å². The number of hydrogen-bond donors (Lipinski definition) is 2. The standard InChI is InChI=1S/C15H24N2O2/c1-11(2)9-17(10-12(3)4)15(19)16-13-7-5-6-8-14(13)18/h5-8,11-12,18H,9-10H2,1-4H3,(H,16,19). The van der Waals surface area contributed by atoms with Crippen molar-refractivity contribution in [2.24, 2.45) is 11.8 Å². The maximum Gasteiger partial charge on any atom is 0.321 e. The molecule has 106 valence electrons. The van der Waals surface area contributed by atoms with E-state index in [-0.39, 0.29) is 11.8 Å². The maximum atomic E-state index is 12.2. The lowest BCUT2D eigenvalue weighted by Gasteiger charge is -2.26. The van der Waals surface area contributed by atoms with Crippen molar-refractivity contribution in [3.63, 3.8) is 0 Å². The van der Waals surface area contributed by atoms with Crippen LogP contribution in [-0.2, 0) is 0 Å². The second-order valence-electron chi connectivity index (χ2n) is 5.64. The zero-order valence-corrected chi connectivity index (χ0v) is 12.2. The number of nitrogens with zero attached hydrogens (tertiary/aromatic N) is 1. The molecule has 0 spiro atoms. The summed E-state index contributed by atoms with van der Waals surface area (Å²) in [6.45, 7) is 9.75. The molecule has 0 aliphatic carbocycles. The quantitative estimate of drug-likeness (QED) is 0.799. The van der Waals surface area contributed by atoms with E-state index in [1.54, 1.807) is 29.2 Å². The number of anilines is 1. The Kier molecular flexibility index (Phi) is 5.67. The van der Waals surface area contributed by atoms with Crippen LogP contribution in [0.4, 0.5) is 10.5 Å². The molecule has 0 bridgehead atoms. The average molecular weight is 264 g/mol. The zero-order valence-electron chi connectivity index (χ0n) is 12.2. The van der Waals surface area contributed by atoms with Crippen LogP contribution in [0.2, 0.25) is 0 Å². The Morgan fingerprint density at radius 2 is 1.68 bits per heavy atom. The van der Waals surface area contributed by atoms with Crippen molar-refractivity contribution >= 4 is 11.7 Å². The molecule has 0 heterocycles. The highest BCUT2D eigenvalue weighted by Gasteiger charge is 2.17. The number of urea groups is 1. The van der Waals surface area contributed by atoms with Gasteiger partial charge in [-0.1, -0.05) is 39.8 Å². The molecule has 0 saturated carbocycles. The lowest BCUT2D eigenvalue weighted by atomic mass is 10.1. The van der Waals surface area contributed by atoms with Gasteiger partial charge < -0.3 is 15.3 Å². The predicted octanol–water partition coefficient (Wildman–Crippen LogP) is 3.54. The van der Waals surface area contributed by atoms with Crippen molar-refractivity contribution in [2.75, 3.05) is 18.4 Å². The minimum absolute atomic E-state index is 0.0879. The Morgan fingerprint density at radius 1 is 1.16 bits per heavy atom. The Balaban J connectivity index is 2.74. The van der Waals surface area contributed by atoms with Crippen LogP contribution in [0.3, 0.4) is 0 Å². The van der Waals surface area contributed by atoms with E-state index in [1.807, 2.05) is 0 Å². The van der Waals surface area contributed by atoms with E-state index < -0.39 is 0 Å². The summed E-state index contributed by atoms with van der Waals surface area (Å²) in [5.74, 6) is 0.910. The molecule has 0 aromatic heterocycles. The third-order valence-corrected chi connectivity index (χ3v) is 2.60. The molecular weight excluding hydrogens is 240 g/mol. The molecule has 2 amide bonds. The van der Waals surface area contributed by atoms with Crippen molar-refractivity contribution in [1.29, 1.82) is 0 Å². The summed E-state index contributed by atoms with van der Waals surface area (Å²) in [6.07, 6.45) is 0. The van der Waals surface area contributed by atoms with Crippen molar-refractivity contribution in [3.05, 3.63) is 24.3 Å². The van der Waals surface area contributed by atoms with Gasteiger partial charge in [0.25, 0.3) is 0 Å². The number of aromatic hydroxyl groups is 1. The molecule has 2 N–H and O–H groups in total. The molecule has 1 aromatic carbocycles. The lowest BCUT2D eigenvalue weighted by molar-refractivity contribution is 0.196. The molecule has 0 fully saturated rings. The summed E-state index contributed by atoms with van der Waals surface area (Å²) in [7, 11) is 0. The molecule has 1 aromatic rings. The molecule has 1 rings (SSSR count). The van der Waals surface area contributed by atoms with E-state index in [1.165, 1.54) is 0 Å². The fourth-order valence-electron chi connectivity index (χ4n) is 1.90. The molecule has 0 unspecified atom stereocenters. The Hall–Kier alpha value is -1.71. The molecular formula is C15H24N2O2. The predicted molar refractivity (Wildman–Crippen MR) is 78.4 cm³/mol. The first-order chi connectivity index (χ1) is 8.90. The zero-order chi connectivity index (χ0) is 14.4. The van der Waals surface area contributed by atoms with Crippen LogP contribution in [0.1, 0.15) is 27.7 Å². The number of nitrogens with one attached hydrogen (secondary N) is 1. The largest absolute Gasteiger partial charge is 0.506 e. The molecule has 0 aliphatic rings. The second-order valence-corrected chi connectivity index (χ2v) is 5.64. The summed E-state index contributed by atoms with van der Waals surface area (Å²) >= 11 is 0. The number of rotatable bonds is 5. The molecule has 0 atom stereocenters. The minimum atomic E-state index is -0.163. The van der Waals surface area contributed by atoms with Gasteiger partial charge in [0, 0.05) is 13.1 Å². The van der Waals surface area contributed by atoms with Gasteiger partial charge in [0.1, 0.15) is 5.75 Å². The van der Waals surface area contributed by atoms with Gasteiger partial charge in [-0.3, -0.25) is 0 Å². The lowest BCUT2D eigenvalue weighted by Crippen LogP contribution is -2.39. The normalized spacial score (nSPS) is 10.8.